The normalized spacial score (nSPS) is 10.3. The van der Waals surface area contributed by atoms with Gasteiger partial charge in [0.25, 0.3) is 0 Å². The van der Waals surface area contributed by atoms with Gasteiger partial charge in [0.2, 0.25) is 0 Å². The van der Waals surface area contributed by atoms with Gasteiger partial charge in [0.05, 0.1) is 12.8 Å². The SMILES string of the molecule is COc1cc(B(O)O)ccc1NC(C)C. The molecular formula is C10H16BNO3. The van der Waals surface area contributed by atoms with E-state index in [1.165, 1.54) is 0 Å². The molecule has 0 saturated carbocycles. The van der Waals surface area contributed by atoms with Gasteiger partial charge in [0.1, 0.15) is 5.75 Å². The van der Waals surface area contributed by atoms with Gasteiger partial charge < -0.3 is 20.1 Å². The number of rotatable bonds is 4. The lowest BCUT2D eigenvalue weighted by Gasteiger charge is -2.14. The minimum Gasteiger partial charge on any atom is -0.495 e. The summed E-state index contributed by atoms with van der Waals surface area (Å²) in [5, 5.41) is 21.2. The number of methoxy groups -OCH3 is 1. The topological polar surface area (TPSA) is 61.7 Å². The van der Waals surface area contributed by atoms with Gasteiger partial charge in [-0.2, -0.15) is 0 Å². The first kappa shape index (κ1) is 11.9. The molecule has 0 spiro atoms. The van der Waals surface area contributed by atoms with Crippen molar-refractivity contribution in [2.24, 2.45) is 0 Å². The molecule has 0 aliphatic heterocycles. The quantitative estimate of drug-likeness (QED) is 0.619. The Labute approximate surface area is 90.0 Å². The highest BCUT2D eigenvalue weighted by Crippen LogP contribution is 2.22. The molecule has 0 atom stereocenters. The third-order valence-electron chi connectivity index (χ3n) is 1.97. The Hall–Kier alpha value is -1.20. The standard InChI is InChI=1S/C10H16BNO3/c1-7(2)12-9-5-4-8(11(13)14)6-10(9)15-3/h4-7,12-14H,1-3H3. The zero-order valence-corrected chi connectivity index (χ0v) is 9.19. The number of hydrogen-bond acceptors (Lipinski definition) is 4. The molecule has 0 heterocycles. The first-order chi connectivity index (χ1) is 7.04. The van der Waals surface area contributed by atoms with Crippen molar-refractivity contribution in [1.29, 1.82) is 0 Å². The lowest BCUT2D eigenvalue weighted by Crippen LogP contribution is -2.29. The molecule has 0 aromatic heterocycles. The number of anilines is 1. The summed E-state index contributed by atoms with van der Waals surface area (Å²) < 4.78 is 5.15. The van der Waals surface area contributed by atoms with Gasteiger partial charge in [-0.05, 0) is 31.4 Å². The fraction of sp³-hybridized carbons (Fsp3) is 0.400. The summed E-state index contributed by atoms with van der Waals surface area (Å²) in [7, 11) is 0.0842. The van der Waals surface area contributed by atoms with Crippen LogP contribution >= 0.6 is 0 Å². The highest BCUT2D eigenvalue weighted by Gasteiger charge is 2.13. The molecule has 3 N–H and O–H groups in total. The van der Waals surface area contributed by atoms with E-state index in [-0.39, 0.29) is 0 Å². The van der Waals surface area contributed by atoms with Crippen LogP contribution in [0.15, 0.2) is 18.2 Å². The molecule has 0 fully saturated rings. The van der Waals surface area contributed by atoms with Gasteiger partial charge in [-0.1, -0.05) is 6.07 Å². The molecule has 82 valence electrons. The van der Waals surface area contributed by atoms with Crippen LogP contribution in [0.1, 0.15) is 13.8 Å². The van der Waals surface area contributed by atoms with E-state index in [9.17, 15) is 0 Å². The van der Waals surface area contributed by atoms with Crippen molar-refractivity contribution in [3.8, 4) is 5.75 Å². The van der Waals surface area contributed by atoms with Crippen molar-refractivity contribution >= 4 is 18.3 Å². The average molecular weight is 209 g/mol. The van der Waals surface area contributed by atoms with Crippen molar-refractivity contribution in [3.05, 3.63) is 18.2 Å². The van der Waals surface area contributed by atoms with Gasteiger partial charge in [-0.25, -0.2) is 0 Å². The molecule has 1 aromatic carbocycles. The third-order valence-corrected chi connectivity index (χ3v) is 1.97. The maximum absolute atomic E-state index is 9.00. The first-order valence-corrected chi connectivity index (χ1v) is 4.85. The van der Waals surface area contributed by atoms with Crippen LogP contribution < -0.4 is 15.5 Å². The van der Waals surface area contributed by atoms with Crippen molar-refractivity contribution in [2.75, 3.05) is 12.4 Å². The van der Waals surface area contributed by atoms with Gasteiger partial charge in [0, 0.05) is 6.04 Å². The third kappa shape index (κ3) is 3.14. The van der Waals surface area contributed by atoms with E-state index in [2.05, 4.69) is 5.32 Å². The van der Waals surface area contributed by atoms with Crippen LogP contribution in [0.3, 0.4) is 0 Å². The maximum Gasteiger partial charge on any atom is 0.488 e. The Morgan fingerprint density at radius 3 is 2.47 bits per heavy atom. The molecule has 0 bridgehead atoms. The van der Waals surface area contributed by atoms with E-state index >= 15 is 0 Å². The Balaban J connectivity index is 2.98. The monoisotopic (exact) mass is 209 g/mol. The molecule has 4 nitrogen and oxygen atoms in total. The van der Waals surface area contributed by atoms with Gasteiger partial charge in [-0.15, -0.1) is 0 Å². The predicted octanol–water partition coefficient (Wildman–Crippen LogP) is 0.195. The average Bonchev–Trinajstić information content (AvgIpc) is 2.17. The summed E-state index contributed by atoms with van der Waals surface area (Å²) in [5.74, 6) is 0.606. The van der Waals surface area contributed by atoms with Crippen LogP contribution in [0.25, 0.3) is 0 Å². The zero-order chi connectivity index (χ0) is 11.4. The second-order valence-corrected chi connectivity index (χ2v) is 3.63. The Kier molecular flexibility index (Phi) is 4.00. The van der Waals surface area contributed by atoms with Crippen LogP contribution in [-0.2, 0) is 0 Å². The van der Waals surface area contributed by atoms with Gasteiger partial charge in [-0.3, -0.25) is 0 Å². The number of nitrogens with one attached hydrogen (secondary N) is 1. The lowest BCUT2D eigenvalue weighted by atomic mass is 9.80. The van der Waals surface area contributed by atoms with Crippen LogP contribution in [0.5, 0.6) is 5.75 Å². The number of hydrogen-bond donors (Lipinski definition) is 3. The van der Waals surface area contributed by atoms with E-state index in [1.807, 2.05) is 13.8 Å². The predicted molar refractivity (Wildman–Crippen MR) is 61.6 cm³/mol. The van der Waals surface area contributed by atoms with E-state index in [0.717, 1.165) is 5.69 Å². The number of ether oxygens (including phenoxy) is 1. The van der Waals surface area contributed by atoms with Gasteiger partial charge >= 0.3 is 7.12 Å². The molecule has 15 heavy (non-hydrogen) atoms. The molecule has 5 heteroatoms. The van der Waals surface area contributed by atoms with E-state index < -0.39 is 7.12 Å². The summed E-state index contributed by atoms with van der Waals surface area (Å²) in [4.78, 5) is 0. The van der Waals surface area contributed by atoms with Crippen molar-refractivity contribution in [2.45, 2.75) is 19.9 Å². The van der Waals surface area contributed by atoms with E-state index in [1.54, 1.807) is 25.3 Å². The fourth-order valence-corrected chi connectivity index (χ4v) is 1.30. The lowest BCUT2D eigenvalue weighted by molar-refractivity contribution is 0.413. The highest BCUT2D eigenvalue weighted by molar-refractivity contribution is 6.58. The summed E-state index contributed by atoms with van der Waals surface area (Å²) >= 11 is 0. The second kappa shape index (κ2) is 5.05. The molecule has 0 aliphatic carbocycles. The minimum absolute atomic E-state index is 0.295. The molecular weight excluding hydrogens is 193 g/mol. The molecule has 0 radical (unpaired) electrons. The molecule has 0 amide bonds. The van der Waals surface area contributed by atoms with E-state index in [4.69, 9.17) is 14.8 Å². The summed E-state index contributed by atoms with van der Waals surface area (Å²) in [6.07, 6.45) is 0. The Bertz CT molecular complexity index is 328. The first-order valence-electron chi connectivity index (χ1n) is 4.85. The number of benzene rings is 1. The summed E-state index contributed by atoms with van der Waals surface area (Å²) in [6.45, 7) is 4.04. The van der Waals surface area contributed by atoms with Crippen LogP contribution in [-0.4, -0.2) is 30.3 Å². The van der Waals surface area contributed by atoms with Gasteiger partial charge in [0.15, 0.2) is 0 Å². The van der Waals surface area contributed by atoms with Crippen molar-refractivity contribution in [1.82, 2.24) is 0 Å². The second-order valence-electron chi connectivity index (χ2n) is 3.63. The van der Waals surface area contributed by atoms with Crippen LogP contribution in [0.2, 0.25) is 0 Å². The largest absolute Gasteiger partial charge is 0.495 e. The molecule has 1 aromatic rings. The van der Waals surface area contributed by atoms with E-state index in [0.29, 0.717) is 17.3 Å². The Morgan fingerprint density at radius 1 is 1.33 bits per heavy atom. The fourth-order valence-electron chi connectivity index (χ4n) is 1.30. The maximum atomic E-state index is 9.00. The Morgan fingerprint density at radius 2 is 2.00 bits per heavy atom. The summed E-state index contributed by atoms with van der Waals surface area (Å²) in [6, 6.07) is 5.32. The van der Waals surface area contributed by atoms with Crippen molar-refractivity contribution in [3.63, 3.8) is 0 Å². The molecule has 0 unspecified atom stereocenters. The smallest absolute Gasteiger partial charge is 0.488 e. The molecule has 1 rings (SSSR count). The van der Waals surface area contributed by atoms with Crippen molar-refractivity contribution < 1.29 is 14.8 Å². The zero-order valence-electron chi connectivity index (χ0n) is 9.19. The van der Waals surface area contributed by atoms with Crippen LogP contribution in [0, 0.1) is 0 Å². The summed E-state index contributed by atoms with van der Waals surface area (Å²) in [5.41, 5.74) is 1.26. The highest BCUT2D eigenvalue weighted by atomic mass is 16.5. The van der Waals surface area contributed by atoms with Crippen LogP contribution in [0.4, 0.5) is 5.69 Å². The molecule has 0 aliphatic rings. The molecule has 0 saturated heterocycles. The minimum atomic E-state index is -1.47.